The molecule has 0 radical (unpaired) electrons. The second-order valence-corrected chi connectivity index (χ2v) is 4.26. The van der Waals surface area contributed by atoms with E-state index < -0.39 is 0 Å². The van der Waals surface area contributed by atoms with Crippen LogP contribution in [0.2, 0.25) is 0 Å². The van der Waals surface area contributed by atoms with E-state index >= 15 is 0 Å². The van der Waals surface area contributed by atoms with Crippen molar-refractivity contribution < 1.29 is 4.74 Å². The van der Waals surface area contributed by atoms with Gasteiger partial charge in [0.05, 0.1) is 7.11 Å². The van der Waals surface area contributed by atoms with Crippen molar-refractivity contribution in [1.82, 2.24) is 5.32 Å². The van der Waals surface area contributed by atoms with E-state index in [0.29, 0.717) is 12.0 Å². The molecule has 0 bridgehead atoms. The van der Waals surface area contributed by atoms with Gasteiger partial charge in [-0.1, -0.05) is 19.9 Å². The van der Waals surface area contributed by atoms with E-state index in [1.165, 1.54) is 11.1 Å². The molecule has 1 heterocycles. The maximum Gasteiger partial charge on any atom is 0.119 e. The molecule has 15 heavy (non-hydrogen) atoms. The number of hydrogen-bond donors (Lipinski definition) is 1. The smallest absolute Gasteiger partial charge is 0.119 e. The summed E-state index contributed by atoms with van der Waals surface area (Å²) in [5.74, 6) is 1.57. The van der Waals surface area contributed by atoms with E-state index in [9.17, 15) is 0 Å². The van der Waals surface area contributed by atoms with Gasteiger partial charge in [-0.15, -0.1) is 0 Å². The Morgan fingerprint density at radius 1 is 1.40 bits per heavy atom. The molecule has 1 aromatic carbocycles. The molecule has 0 fully saturated rings. The SMILES string of the molecule is CCC1NCC(C)c2ccc(OC)cc21. The van der Waals surface area contributed by atoms with Gasteiger partial charge in [-0.25, -0.2) is 0 Å². The van der Waals surface area contributed by atoms with Gasteiger partial charge in [0, 0.05) is 12.6 Å². The van der Waals surface area contributed by atoms with Gasteiger partial charge >= 0.3 is 0 Å². The highest BCUT2D eigenvalue weighted by molar-refractivity contribution is 5.41. The van der Waals surface area contributed by atoms with E-state index in [2.05, 4.69) is 37.4 Å². The first-order chi connectivity index (χ1) is 7.26. The van der Waals surface area contributed by atoms with Gasteiger partial charge in [0.2, 0.25) is 0 Å². The molecule has 0 aromatic heterocycles. The Morgan fingerprint density at radius 2 is 2.20 bits per heavy atom. The van der Waals surface area contributed by atoms with Crippen LogP contribution in [0.25, 0.3) is 0 Å². The summed E-state index contributed by atoms with van der Waals surface area (Å²) in [6, 6.07) is 6.94. The van der Waals surface area contributed by atoms with Crippen LogP contribution in [0, 0.1) is 0 Å². The predicted octanol–water partition coefficient (Wildman–Crippen LogP) is 2.85. The van der Waals surface area contributed by atoms with Crippen LogP contribution in [0.4, 0.5) is 0 Å². The highest BCUT2D eigenvalue weighted by Crippen LogP contribution is 2.33. The molecule has 0 aliphatic carbocycles. The number of hydrogen-bond acceptors (Lipinski definition) is 2. The summed E-state index contributed by atoms with van der Waals surface area (Å²) >= 11 is 0. The minimum Gasteiger partial charge on any atom is -0.497 e. The molecule has 2 nitrogen and oxygen atoms in total. The topological polar surface area (TPSA) is 21.3 Å². The summed E-state index contributed by atoms with van der Waals surface area (Å²) in [6.45, 7) is 5.57. The quantitative estimate of drug-likeness (QED) is 0.801. The monoisotopic (exact) mass is 205 g/mol. The minimum atomic E-state index is 0.492. The number of benzene rings is 1. The van der Waals surface area contributed by atoms with Gasteiger partial charge in [-0.3, -0.25) is 0 Å². The first-order valence-electron chi connectivity index (χ1n) is 5.67. The van der Waals surface area contributed by atoms with Crippen LogP contribution in [0.3, 0.4) is 0 Å². The average molecular weight is 205 g/mol. The van der Waals surface area contributed by atoms with E-state index in [1.807, 2.05) is 0 Å². The van der Waals surface area contributed by atoms with Crippen LogP contribution < -0.4 is 10.1 Å². The van der Waals surface area contributed by atoms with Crippen LogP contribution in [-0.4, -0.2) is 13.7 Å². The molecular formula is C13H19NO. The molecular weight excluding hydrogens is 186 g/mol. The third-order valence-electron chi connectivity index (χ3n) is 3.28. The first-order valence-corrected chi connectivity index (χ1v) is 5.67. The maximum atomic E-state index is 5.28. The number of rotatable bonds is 2. The van der Waals surface area contributed by atoms with Gasteiger partial charge in [-0.05, 0) is 35.6 Å². The van der Waals surface area contributed by atoms with Crippen molar-refractivity contribution >= 4 is 0 Å². The second kappa shape index (κ2) is 4.23. The lowest BCUT2D eigenvalue weighted by Gasteiger charge is -2.30. The molecule has 2 atom stereocenters. The second-order valence-electron chi connectivity index (χ2n) is 4.26. The fourth-order valence-electron chi connectivity index (χ4n) is 2.33. The van der Waals surface area contributed by atoms with Crippen molar-refractivity contribution in [3.8, 4) is 5.75 Å². The van der Waals surface area contributed by atoms with E-state index in [-0.39, 0.29) is 0 Å². The average Bonchev–Trinajstić information content (AvgIpc) is 2.29. The van der Waals surface area contributed by atoms with E-state index in [0.717, 1.165) is 18.7 Å². The Morgan fingerprint density at radius 3 is 2.87 bits per heavy atom. The largest absolute Gasteiger partial charge is 0.497 e. The minimum absolute atomic E-state index is 0.492. The van der Waals surface area contributed by atoms with Gasteiger partial charge in [0.15, 0.2) is 0 Å². The summed E-state index contributed by atoms with van der Waals surface area (Å²) in [5, 5.41) is 3.57. The van der Waals surface area contributed by atoms with Crippen molar-refractivity contribution in [1.29, 1.82) is 0 Å². The first kappa shape index (κ1) is 10.5. The summed E-state index contributed by atoms with van der Waals surface area (Å²) in [7, 11) is 1.72. The third kappa shape index (κ3) is 1.86. The van der Waals surface area contributed by atoms with Gasteiger partial charge in [0.25, 0.3) is 0 Å². The fourth-order valence-corrected chi connectivity index (χ4v) is 2.33. The molecule has 0 spiro atoms. The maximum absolute atomic E-state index is 5.28. The fraction of sp³-hybridized carbons (Fsp3) is 0.538. The Balaban J connectivity index is 2.43. The van der Waals surface area contributed by atoms with Crippen LogP contribution in [-0.2, 0) is 0 Å². The van der Waals surface area contributed by atoms with E-state index in [1.54, 1.807) is 7.11 Å². The zero-order valence-corrected chi connectivity index (χ0v) is 9.71. The molecule has 2 rings (SSSR count). The van der Waals surface area contributed by atoms with Crippen LogP contribution >= 0.6 is 0 Å². The number of methoxy groups -OCH3 is 1. The van der Waals surface area contributed by atoms with Gasteiger partial charge in [-0.2, -0.15) is 0 Å². The highest BCUT2D eigenvalue weighted by atomic mass is 16.5. The van der Waals surface area contributed by atoms with Crippen molar-refractivity contribution in [2.45, 2.75) is 32.2 Å². The van der Waals surface area contributed by atoms with Crippen molar-refractivity contribution in [2.75, 3.05) is 13.7 Å². The van der Waals surface area contributed by atoms with Gasteiger partial charge in [0.1, 0.15) is 5.75 Å². The summed E-state index contributed by atoms with van der Waals surface area (Å²) < 4.78 is 5.28. The molecule has 2 unspecified atom stereocenters. The molecule has 82 valence electrons. The van der Waals surface area contributed by atoms with Crippen LogP contribution in [0.5, 0.6) is 5.75 Å². The lowest BCUT2D eigenvalue weighted by molar-refractivity contribution is 0.408. The molecule has 2 heteroatoms. The van der Waals surface area contributed by atoms with Gasteiger partial charge < -0.3 is 10.1 Å². The van der Waals surface area contributed by atoms with Crippen molar-refractivity contribution in [3.63, 3.8) is 0 Å². The number of nitrogens with one attached hydrogen (secondary N) is 1. The number of fused-ring (bicyclic) bond motifs is 1. The highest BCUT2D eigenvalue weighted by Gasteiger charge is 2.23. The predicted molar refractivity (Wildman–Crippen MR) is 62.4 cm³/mol. The third-order valence-corrected chi connectivity index (χ3v) is 3.28. The number of ether oxygens (including phenoxy) is 1. The molecule has 1 N–H and O–H groups in total. The molecule has 1 aliphatic heterocycles. The zero-order chi connectivity index (χ0) is 10.8. The zero-order valence-electron chi connectivity index (χ0n) is 9.71. The Bertz CT molecular complexity index is 348. The molecule has 0 amide bonds. The molecule has 0 saturated carbocycles. The lowest BCUT2D eigenvalue weighted by Crippen LogP contribution is -2.31. The molecule has 0 saturated heterocycles. The normalized spacial score (nSPS) is 24.7. The van der Waals surface area contributed by atoms with Crippen LogP contribution in [0.15, 0.2) is 18.2 Å². The standard InChI is InChI=1S/C13H19NO/c1-4-13-12-7-10(15-3)5-6-11(12)9(2)8-14-13/h5-7,9,13-14H,4,8H2,1-3H3. The Kier molecular flexibility index (Phi) is 2.96. The Hall–Kier alpha value is -1.02. The lowest BCUT2D eigenvalue weighted by atomic mass is 9.86. The summed E-state index contributed by atoms with van der Waals surface area (Å²) in [4.78, 5) is 0. The van der Waals surface area contributed by atoms with Crippen LogP contribution in [0.1, 0.15) is 43.4 Å². The van der Waals surface area contributed by atoms with Crippen molar-refractivity contribution in [2.24, 2.45) is 0 Å². The molecule has 1 aliphatic rings. The summed E-state index contributed by atoms with van der Waals surface area (Å²) in [6.07, 6.45) is 1.13. The van der Waals surface area contributed by atoms with Crippen molar-refractivity contribution in [3.05, 3.63) is 29.3 Å². The summed E-state index contributed by atoms with van der Waals surface area (Å²) in [5.41, 5.74) is 2.89. The molecule has 1 aromatic rings. The Labute approximate surface area is 91.6 Å². The van der Waals surface area contributed by atoms with E-state index in [4.69, 9.17) is 4.74 Å².